The molecule has 0 saturated carbocycles. The second-order valence-electron chi connectivity index (χ2n) is 36.4. The van der Waals surface area contributed by atoms with Crippen LogP contribution in [-0.2, 0) is 28.4 Å². The highest BCUT2D eigenvalue weighted by Crippen LogP contribution is 2.38. The molecule has 0 aliphatic carbocycles. The van der Waals surface area contributed by atoms with E-state index in [4.69, 9.17) is 56.8 Å². The molecule has 0 saturated heterocycles. The lowest BCUT2D eigenvalue weighted by molar-refractivity contribution is 0.117. The summed E-state index contributed by atoms with van der Waals surface area (Å²) in [7, 11) is 0. The maximum atomic E-state index is 14.6. The Labute approximate surface area is 748 Å². The van der Waals surface area contributed by atoms with Gasteiger partial charge in [0.1, 0.15) is 45.1 Å². The van der Waals surface area contributed by atoms with E-state index in [-0.39, 0.29) is 64.3 Å². The molecule has 6 heterocycles. The minimum absolute atomic E-state index is 0.00445. The Morgan fingerprint density at radius 2 is 0.643 bits per heavy atom. The fourth-order valence-electron chi connectivity index (χ4n) is 12.8. The summed E-state index contributed by atoms with van der Waals surface area (Å²) >= 11 is 0. The summed E-state index contributed by atoms with van der Waals surface area (Å²) in [5.74, 6) is -2.68. The van der Waals surface area contributed by atoms with Crippen molar-refractivity contribution in [2.75, 3.05) is 33.0 Å². The van der Waals surface area contributed by atoms with E-state index in [9.17, 15) is 59.5 Å². The third-order valence-electron chi connectivity index (χ3n) is 17.4. The quantitative estimate of drug-likeness (QED) is 0.0645. The van der Waals surface area contributed by atoms with E-state index in [0.717, 1.165) is 40.7 Å². The number of hydrogen-bond acceptors (Lipinski definition) is 18. The van der Waals surface area contributed by atoms with Crippen LogP contribution in [0.2, 0.25) is 0 Å². The molecule has 31 heteroatoms. The van der Waals surface area contributed by atoms with Gasteiger partial charge in [0.15, 0.2) is 63.7 Å². The normalized spacial score (nSPS) is 11.8. The monoisotopic (exact) mass is 1800 g/mol. The smallest absolute Gasteiger partial charge is 0.418 e. The molecule has 0 amide bonds. The Bertz CT molecular complexity index is 5930. The van der Waals surface area contributed by atoms with E-state index >= 15 is 0 Å². The zero-order valence-corrected chi connectivity index (χ0v) is 79.2. The molecule has 12 rings (SSSR count). The first-order valence-corrected chi connectivity index (χ1v) is 42.7. The van der Waals surface area contributed by atoms with Gasteiger partial charge in [-0.1, -0.05) is 27.7 Å². The van der Waals surface area contributed by atoms with Crippen molar-refractivity contribution in [1.29, 1.82) is 0 Å². The molecule has 0 spiro atoms. The van der Waals surface area contributed by atoms with Gasteiger partial charge < -0.3 is 56.8 Å². The standard InChI is InChI=1S/C17H21F2NO3.C17H22FNO3.4C16H20FNO3/c1-6-7-22-16(21)20-10(2)8-11-14(19)13(23-17(3,4)5)9-12(18)15(11)20;1-6-7-21-16(20)19-11(2)8-12-9-13(22-17(3,4)5)10-14(18)15(12)19;1-10(2)20-15(19)18-7-6-11-8-14(21-16(3,4)5)12(17)9-13(11)18;1-6-20-15(19)18-10(2)7-11-8-12(21-16(3,4)5)9-13(17)14(11)18;1-5-10-20-15(19)18-9-8-11-12(18)6-7-13(14(11)17)21-16(2,3)4;1-5-8-20-15(19)18-7-6-11-9-14(21-16(2,3)4)12(17)10-13(11)18/h8-9H,6-7H2,1-5H3;8-10H,6-7H2,1-5H3;6-10H,1-5H3;7-9H,6H2,1-5H3;6-9H,5,10H2,1-4H3;6-7,9-10H,5,8H2,1-4H3. The molecule has 129 heavy (non-hydrogen) atoms. The van der Waals surface area contributed by atoms with E-state index in [0.29, 0.717) is 87.5 Å². The van der Waals surface area contributed by atoms with Gasteiger partial charge in [-0.25, -0.2) is 73.2 Å². The van der Waals surface area contributed by atoms with Crippen LogP contribution in [0.5, 0.6) is 34.5 Å². The number of carbonyl (C=O) groups excluding carboxylic acids is 6. The van der Waals surface area contributed by atoms with Gasteiger partial charge in [-0.15, -0.1) is 0 Å². The molecule has 0 aliphatic heterocycles. The van der Waals surface area contributed by atoms with Crippen molar-refractivity contribution in [3.63, 3.8) is 0 Å². The number of carbonyl (C=O) groups is 6. The highest BCUT2D eigenvalue weighted by molar-refractivity contribution is 5.96. The zero-order chi connectivity index (χ0) is 96.7. The highest BCUT2D eigenvalue weighted by atomic mass is 19.2. The molecule has 0 bridgehead atoms. The van der Waals surface area contributed by atoms with Crippen molar-refractivity contribution in [2.24, 2.45) is 0 Å². The van der Waals surface area contributed by atoms with Gasteiger partial charge in [0.2, 0.25) is 0 Å². The lowest BCUT2D eigenvalue weighted by Crippen LogP contribution is -2.23. The molecule has 6 aromatic heterocycles. The molecule has 12 aromatic rings. The number of aromatic nitrogens is 6. The third kappa shape index (κ3) is 28.6. The van der Waals surface area contributed by atoms with Gasteiger partial charge in [0.25, 0.3) is 0 Å². The van der Waals surface area contributed by atoms with Crippen molar-refractivity contribution in [3.8, 4) is 34.5 Å². The van der Waals surface area contributed by atoms with Gasteiger partial charge in [0.05, 0.1) is 72.2 Å². The maximum Gasteiger partial charge on any atom is 0.418 e. The second kappa shape index (κ2) is 43.2. The number of aryl methyl sites for hydroxylation is 3. The summed E-state index contributed by atoms with van der Waals surface area (Å²) in [6.45, 7) is 52.6. The van der Waals surface area contributed by atoms with Crippen LogP contribution < -0.4 is 28.4 Å². The average molecular weight is 1810 g/mol. The number of hydrogen-bond donors (Lipinski definition) is 0. The van der Waals surface area contributed by atoms with Crippen LogP contribution in [0.4, 0.5) is 59.5 Å². The molecule has 24 nitrogen and oxygen atoms in total. The van der Waals surface area contributed by atoms with Crippen LogP contribution in [0.15, 0.2) is 122 Å². The average Bonchev–Trinajstić information content (AvgIpc) is 1.61. The first-order valence-electron chi connectivity index (χ1n) is 42.7. The zero-order valence-electron chi connectivity index (χ0n) is 79.2. The van der Waals surface area contributed by atoms with Crippen LogP contribution in [0.3, 0.4) is 0 Å². The SMILES string of the molecule is CC(C)OC(=O)n1ccc2cc(OC(C)(C)C)c(F)cc21.CCCOC(=O)n1c(C)cc2c(F)c(OC(C)(C)C)cc(F)c21.CCCOC(=O)n1c(C)cc2cc(OC(C)(C)C)cc(F)c21.CCCOC(=O)n1ccc2c(F)c(OC(C)(C)C)ccc21.CCCOC(=O)n1ccc2cc(OC(C)(C)C)c(F)cc21.CCOC(=O)n1c(C)cc2cc(OC(C)(C)C)cc(F)c21. The van der Waals surface area contributed by atoms with E-state index in [1.54, 1.807) is 135 Å². The molecule has 0 aliphatic rings. The van der Waals surface area contributed by atoms with E-state index < -0.39 is 111 Å². The number of rotatable bonds is 16. The first kappa shape index (κ1) is 104. The van der Waals surface area contributed by atoms with E-state index in [2.05, 4.69) is 0 Å². The summed E-state index contributed by atoms with van der Waals surface area (Å²) in [4.78, 5) is 71.9. The van der Waals surface area contributed by atoms with Crippen molar-refractivity contribution in [1.82, 2.24) is 27.4 Å². The highest BCUT2D eigenvalue weighted by Gasteiger charge is 2.29. The van der Waals surface area contributed by atoms with Crippen LogP contribution in [-0.4, -0.2) is 137 Å². The number of halogens is 7. The summed E-state index contributed by atoms with van der Waals surface area (Å²) in [6, 6.07) is 25.9. The predicted octanol–water partition coefficient (Wildman–Crippen LogP) is 26.8. The van der Waals surface area contributed by atoms with Gasteiger partial charge in [-0.2, -0.15) is 0 Å². The third-order valence-corrected chi connectivity index (χ3v) is 17.4. The second-order valence-corrected chi connectivity index (χ2v) is 36.4. The Balaban J connectivity index is 0.000000212. The van der Waals surface area contributed by atoms with Crippen molar-refractivity contribution >= 4 is 102 Å². The molecule has 0 radical (unpaired) electrons. The predicted molar refractivity (Wildman–Crippen MR) is 485 cm³/mol. The minimum Gasteiger partial charge on any atom is -0.488 e. The molecule has 0 fully saturated rings. The van der Waals surface area contributed by atoms with Crippen LogP contribution >= 0.6 is 0 Å². The van der Waals surface area contributed by atoms with Gasteiger partial charge in [0, 0.05) is 98.3 Å². The fourth-order valence-corrected chi connectivity index (χ4v) is 12.8. The van der Waals surface area contributed by atoms with Crippen molar-refractivity contribution in [3.05, 3.63) is 180 Å². The fraction of sp³-hybridized carbons (Fsp3) is 0.449. The topological polar surface area (TPSA) is 243 Å². The lowest BCUT2D eigenvalue weighted by Gasteiger charge is -2.22. The summed E-state index contributed by atoms with van der Waals surface area (Å²) < 4.78 is 172. The lowest BCUT2D eigenvalue weighted by atomic mass is 10.1. The van der Waals surface area contributed by atoms with Gasteiger partial charge in [-0.05, 0) is 265 Å². The van der Waals surface area contributed by atoms with Gasteiger partial charge >= 0.3 is 36.6 Å². The van der Waals surface area contributed by atoms with Crippen molar-refractivity contribution < 1.29 is 116 Å². The van der Waals surface area contributed by atoms with Gasteiger partial charge in [-0.3, -0.25) is 13.7 Å². The minimum atomic E-state index is -0.734. The molecule has 0 atom stereocenters. The molecular formula is C98H123F7N6O18. The Morgan fingerprint density at radius 1 is 0.310 bits per heavy atom. The van der Waals surface area contributed by atoms with E-state index in [1.807, 2.05) is 132 Å². The Morgan fingerprint density at radius 3 is 1.03 bits per heavy atom. The summed E-state index contributed by atoms with van der Waals surface area (Å²) in [5, 5.41) is 3.01. The number of benzene rings is 6. The first-order chi connectivity index (χ1) is 59.9. The van der Waals surface area contributed by atoms with Crippen LogP contribution in [0.25, 0.3) is 65.4 Å². The summed E-state index contributed by atoms with van der Waals surface area (Å²) in [6.07, 6.45) is 3.87. The summed E-state index contributed by atoms with van der Waals surface area (Å²) in [5.41, 5.74) is 0.362. The molecule has 702 valence electrons. The molecule has 0 unspecified atom stereocenters. The molecule has 6 aromatic carbocycles. The largest absolute Gasteiger partial charge is 0.488 e. The maximum absolute atomic E-state index is 14.6. The molecular weight excluding hydrogens is 1680 g/mol. The number of fused-ring (bicyclic) bond motifs is 6. The number of nitrogens with zero attached hydrogens (tertiary/aromatic N) is 6. The molecule has 0 N–H and O–H groups in total. The van der Waals surface area contributed by atoms with Crippen LogP contribution in [0, 0.1) is 61.5 Å². The number of ether oxygens (including phenoxy) is 12. The Hall–Kier alpha value is -12.3. The van der Waals surface area contributed by atoms with Crippen LogP contribution in [0.1, 0.15) is 216 Å². The van der Waals surface area contributed by atoms with E-state index in [1.165, 1.54) is 65.4 Å². The van der Waals surface area contributed by atoms with Crippen molar-refractivity contribution in [2.45, 2.75) is 259 Å². The Kier molecular flexibility index (Phi) is 34.7.